The number of nitrogens with zero attached hydrogens (tertiary/aromatic N) is 1. The Morgan fingerprint density at radius 1 is 0.931 bits per heavy atom. The highest BCUT2D eigenvalue weighted by atomic mass is 35.5. The lowest BCUT2D eigenvalue weighted by Crippen LogP contribution is -2.48. The molecule has 0 bridgehead atoms. The van der Waals surface area contributed by atoms with Gasteiger partial charge in [0.15, 0.2) is 0 Å². The molecule has 2 aromatic rings. The van der Waals surface area contributed by atoms with Gasteiger partial charge in [0.2, 0.25) is 0 Å². The molecule has 6 heteroatoms. The maximum absolute atomic E-state index is 12.2. The quantitative estimate of drug-likeness (QED) is 0.580. The Labute approximate surface area is 180 Å². The van der Waals surface area contributed by atoms with E-state index in [4.69, 9.17) is 4.74 Å². The van der Waals surface area contributed by atoms with Gasteiger partial charge in [0.25, 0.3) is 0 Å². The molecule has 158 valence electrons. The molecule has 2 N–H and O–H groups in total. The minimum Gasteiger partial charge on any atom is -0.494 e. The Kier molecular flexibility index (Phi) is 10.4. The number of piperazine rings is 1. The maximum atomic E-state index is 12.2. The van der Waals surface area contributed by atoms with E-state index in [0.29, 0.717) is 0 Å². The summed E-state index contributed by atoms with van der Waals surface area (Å²) in [4.78, 5) is 14.1. The number of carbonyl (C=O) groups is 1. The van der Waals surface area contributed by atoms with Crippen LogP contribution in [0.2, 0.25) is 0 Å². The summed E-state index contributed by atoms with van der Waals surface area (Å²) in [6.07, 6.45) is 5.74. The van der Waals surface area contributed by atoms with E-state index in [2.05, 4.69) is 22.8 Å². The van der Waals surface area contributed by atoms with E-state index in [9.17, 15) is 4.79 Å². The van der Waals surface area contributed by atoms with Crippen LogP contribution in [0.4, 0.5) is 10.5 Å². The number of anilines is 1. The number of unbranched alkanes of at least 4 members (excludes halogenated alkanes) is 3. The van der Waals surface area contributed by atoms with Crippen LogP contribution >= 0.6 is 12.4 Å². The predicted molar refractivity (Wildman–Crippen MR) is 121 cm³/mol. The molecule has 2 amide bonds. The minimum absolute atomic E-state index is 0. The van der Waals surface area contributed by atoms with Crippen LogP contribution < -0.4 is 15.4 Å². The van der Waals surface area contributed by atoms with Crippen molar-refractivity contribution in [1.82, 2.24) is 10.2 Å². The zero-order valence-electron chi connectivity index (χ0n) is 16.9. The summed E-state index contributed by atoms with van der Waals surface area (Å²) in [7, 11) is 0. The van der Waals surface area contributed by atoms with Crippen molar-refractivity contribution in [2.45, 2.75) is 32.1 Å². The summed E-state index contributed by atoms with van der Waals surface area (Å²) in [6.45, 7) is 4.04. The van der Waals surface area contributed by atoms with Gasteiger partial charge in [-0.05, 0) is 49.1 Å². The summed E-state index contributed by atoms with van der Waals surface area (Å²) in [5.74, 6) is 0.951. The number of nitrogens with one attached hydrogen (secondary N) is 2. The number of urea groups is 1. The number of aryl methyl sites for hydroxylation is 1. The Balaban J connectivity index is 0.00000300. The molecule has 0 radical (unpaired) electrons. The number of carbonyl (C=O) groups excluding carboxylic acids is 1. The first-order valence-electron chi connectivity index (χ1n) is 10.3. The molecule has 0 aromatic heterocycles. The van der Waals surface area contributed by atoms with Crippen molar-refractivity contribution in [2.75, 3.05) is 38.1 Å². The lowest BCUT2D eigenvalue weighted by molar-refractivity contribution is 0.204. The van der Waals surface area contributed by atoms with E-state index in [1.54, 1.807) is 0 Å². The number of benzene rings is 2. The number of rotatable bonds is 9. The first-order valence-corrected chi connectivity index (χ1v) is 10.3. The number of ether oxygens (including phenoxy) is 1. The molecule has 1 saturated heterocycles. The first kappa shape index (κ1) is 23.0. The van der Waals surface area contributed by atoms with Crippen LogP contribution in [0, 0.1) is 0 Å². The molecule has 0 unspecified atom stereocenters. The Hall–Kier alpha value is -2.24. The van der Waals surface area contributed by atoms with Crippen molar-refractivity contribution in [2.24, 2.45) is 0 Å². The molecule has 3 rings (SSSR count). The number of hydrogen-bond donors (Lipinski definition) is 2. The maximum Gasteiger partial charge on any atom is 0.321 e. The van der Waals surface area contributed by atoms with Crippen LogP contribution in [-0.2, 0) is 6.42 Å². The molecule has 0 aliphatic carbocycles. The third kappa shape index (κ3) is 8.34. The molecular weight excluding hydrogens is 386 g/mol. The number of para-hydroxylation sites is 1. The van der Waals surface area contributed by atoms with E-state index >= 15 is 0 Å². The lowest BCUT2D eigenvalue weighted by Gasteiger charge is -2.27. The molecule has 1 aliphatic rings. The summed E-state index contributed by atoms with van der Waals surface area (Å²) in [5.41, 5.74) is 2.19. The van der Waals surface area contributed by atoms with Crippen LogP contribution in [0.5, 0.6) is 5.75 Å². The summed E-state index contributed by atoms with van der Waals surface area (Å²) in [5, 5.41) is 6.24. The summed E-state index contributed by atoms with van der Waals surface area (Å²) in [6, 6.07) is 18.2. The van der Waals surface area contributed by atoms with E-state index < -0.39 is 0 Å². The fourth-order valence-electron chi connectivity index (χ4n) is 3.32. The number of halogens is 1. The number of amides is 2. The second-order valence-corrected chi connectivity index (χ2v) is 7.19. The standard InChI is InChI=1S/C23H31N3O2.ClH/c27-23(26-17-15-24-16-18-26)25-21-13-11-20(12-14-21)8-4-1-2-7-19-28-22-9-5-3-6-10-22;/h3,5-6,9-14,24H,1-2,4,7-8,15-19H2,(H,25,27);1H. The van der Waals surface area contributed by atoms with Gasteiger partial charge in [0.05, 0.1) is 6.61 Å². The highest BCUT2D eigenvalue weighted by Gasteiger charge is 2.15. The van der Waals surface area contributed by atoms with Gasteiger partial charge in [0, 0.05) is 31.9 Å². The van der Waals surface area contributed by atoms with Crippen molar-refractivity contribution >= 4 is 24.1 Å². The summed E-state index contributed by atoms with van der Waals surface area (Å²) < 4.78 is 5.72. The largest absolute Gasteiger partial charge is 0.494 e. The van der Waals surface area contributed by atoms with Crippen molar-refractivity contribution in [3.8, 4) is 5.75 Å². The van der Waals surface area contributed by atoms with Crippen molar-refractivity contribution in [1.29, 1.82) is 0 Å². The lowest BCUT2D eigenvalue weighted by atomic mass is 10.1. The van der Waals surface area contributed by atoms with Crippen LogP contribution in [-0.4, -0.2) is 43.7 Å². The highest BCUT2D eigenvalue weighted by Crippen LogP contribution is 2.14. The smallest absolute Gasteiger partial charge is 0.321 e. The van der Waals surface area contributed by atoms with Gasteiger partial charge in [-0.3, -0.25) is 0 Å². The zero-order valence-corrected chi connectivity index (χ0v) is 17.8. The fraction of sp³-hybridized carbons (Fsp3) is 0.435. The van der Waals surface area contributed by atoms with E-state index in [-0.39, 0.29) is 18.4 Å². The highest BCUT2D eigenvalue weighted by molar-refractivity contribution is 5.89. The molecule has 2 aromatic carbocycles. The van der Waals surface area contributed by atoms with Gasteiger partial charge in [-0.2, -0.15) is 0 Å². The summed E-state index contributed by atoms with van der Waals surface area (Å²) >= 11 is 0. The predicted octanol–water partition coefficient (Wildman–Crippen LogP) is 4.73. The zero-order chi connectivity index (χ0) is 19.4. The first-order chi connectivity index (χ1) is 13.8. The monoisotopic (exact) mass is 417 g/mol. The second kappa shape index (κ2) is 13.1. The normalized spacial score (nSPS) is 13.4. The molecule has 0 spiro atoms. The SMILES string of the molecule is Cl.O=C(Nc1ccc(CCCCCCOc2ccccc2)cc1)N1CCNCC1. The minimum atomic E-state index is -0.00743. The third-order valence-corrected chi connectivity index (χ3v) is 4.98. The molecule has 0 atom stereocenters. The Morgan fingerprint density at radius 2 is 1.62 bits per heavy atom. The average Bonchev–Trinajstić information content (AvgIpc) is 2.75. The van der Waals surface area contributed by atoms with E-state index in [0.717, 1.165) is 57.1 Å². The average molecular weight is 418 g/mol. The Bertz CT molecular complexity index is 704. The molecular formula is C23H32ClN3O2. The van der Waals surface area contributed by atoms with Gasteiger partial charge in [-0.1, -0.05) is 43.2 Å². The van der Waals surface area contributed by atoms with E-state index in [1.807, 2.05) is 47.4 Å². The van der Waals surface area contributed by atoms with Crippen molar-refractivity contribution in [3.63, 3.8) is 0 Å². The van der Waals surface area contributed by atoms with Gasteiger partial charge in [0.1, 0.15) is 5.75 Å². The van der Waals surface area contributed by atoms with E-state index in [1.165, 1.54) is 24.8 Å². The van der Waals surface area contributed by atoms with Crippen LogP contribution in [0.25, 0.3) is 0 Å². The second-order valence-electron chi connectivity index (χ2n) is 7.19. The molecule has 1 aliphatic heterocycles. The van der Waals surface area contributed by atoms with Crippen LogP contribution in [0.1, 0.15) is 31.2 Å². The molecule has 1 heterocycles. The number of hydrogen-bond acceptors (Lipinski definition) is 3. The van der Waals surface area contributed by atoms with Gasteiger partial charge in [-0.25, -0.2) is 4.79 Å². The van der Waals surface area contributed by atoms with Crippen molar-refractivity contribution < 1.29 is 9.53 Å². The van der Waals surface area contributed by atoms with Gasteiger partial charge < -0.3 is 20.3 Å². The van der Waals surface area contributed by atoms with Gasteiger partial charge >= 0.3 is 6.03 Å². The Morgan fingerprint density at radius 3 is 2.34 bits per heavy atom. The van der Waals surface area contributed by atoms with Crippen LogP contribution in [0.3, 0.4) is 0 Å². The molecule has 5 nitrogen and oxygen atoms in total. The third-order valence-electron chi connectivity index (χ3n) is 4.98. The molecule has 1 fully saturated rings. The van der Waals surface area contributed by atoms with Crippen molar-refractivity contribution in [3.05, 3.63) is 60.2 Å². The van der Waals surface area contributed by atoms with Crippen LogP contribution in [0.15, 0.2) is 54.6 Å². The topological polar surface area (TPSA) is 53.6 Å². The van der Waals surface area contributed by atoms with Gasteiger partial charge in [-0.15, -0.1) is 12.4 Å². The molecule has 0 saturated carbocycles. The fourth-order valence-corrected chi connectivity index (χ4v) is 3.32. The molecule has 29 heavy (non-hydrogen) atoms.